The van der Waals surface area contributed by atoms with Crippen molar-refractivity contribution in [2.45, 2.75) is 70.7 Å². The minimum absolute atomic E-state index is 0.108. The predicted molar refractivity (Wildman–Crippen MR) is 142 cm³/mol. The SMILES string of the molecule is COC1CN(C(=O)N2CCc3cc(-c4cnc5[nH]cc(C)c5c4)cc([C@@H]4CCCN4)c3C2)C(C)(C)C1. The lowest BCUT2D eigenvalue weighted by atomic mass is 9.87. The van der Waals surface area contributed by atoms with Gasteiger partial charge in [0.15, 0.2) is 0 Å². The lowest BCUT2D eigenvalue weighted by molar-refractivity contribution is 0.103. The molecule has 1 aromatic carbocycles. The number of nitrogens with one attached hydrogen (secondary N) is 2. The molecule has 1 unspecified atom stereocenters. The highest BCUT2D eigenvalue weighted by molar-refractivity contribution is 5.85. The van der Waals surface area contributed by atoms with Crippen LogP contribution in [0, 0.1) is 6.92 Å². The molecule has 2 aromatic heterocycles. The average Bonchev–Trinajstić information content (AvgIpc) is 3.61. The number of pyridine rings is 1. The molecular weight excluding hydrogens is 450 g/mol. The summed E-state index contributed by atoms with van der Waals surface area (Å²) in [6, 6.07) is 7.41. The number of likely N-dealkylation sites (tertiary alicyclic amines) is 1. The molecule has 2 amide bonds. The van der Waals surface area contributed by atoms with Crippen LogP contribution in [-0.2, 0) is 17.7 Å². The average molecular weight is 488 g/mol. The third-order valence-electron chi connectivity index (χ3n) is 8.56. The molecule has 3 aromatic rings. The Kier molecular flexibility index (Phi) is 5.80. The highest BCUT2D eigenvalue weighted by Crippen LogP contribution is 2.38. The summed E-state index contributed by atoms with van der Waals surface area (Å²) in [5.41, 5.74) is 8.35. The van der Waals surface area contributed by atoms with Gasteiger partial charge in [0.05, 0.1) is 6.10 Å². The first-order chi connectivity index (χ1) is 17.3. The van der Waals surface area contributed by atoms with Gasteiger partial charge in [-0.1, -0.05) is 6.07 Å². The van der Waals surface area contributed by atoms with E-state index in [1.54, 1.807) is 7.11 Å². The number of carbonyl (C=O) groups is 1. The fraction of sp³-hybridized carbons (Fsp3) is 0.517. The van der Waals surface area contributed by atoms with Gasteiger partial charge in [-0.2, -0.15) is 0 Å². The van der Waals surface area contributed by atoms with E-state index in [-0.39, 0.29) is 17.7 Å². The van der Waals surface area contributed by atoms with Crippen molar-refractivity contribution in [1.82, 2.24) is 25.1 Å². The summed E-state index contributed by atoms with van der Waals surface area (Å²) in [4.78, 5) is 25.7. The fourth-order valence-electron chi connectivity index (χ4n) is 6.43. The quantitative estimate of drug-likeness (QED) is 0.549. The van der Waals surface area contributed by atoms with Crippen LogP contribution in [0.2, 0.25) is 0 Å². The van der Waals surface area contributed by atoms with Crippen molar-refractivity contribution in [3.63, 3.8) is 0 Å². The number of carbonyl (C=O) groups excluding carboxylic acids is 1. The number of rotatable bonds is 3. The molecule has 0 radical (unpaired) electrons. The molecule has 5 heterocycles. The zero-order chi connectivity index (χ0) is 25.0. The first-order valence-electron chi connectivity index (χ1n) is 13.3. The number of benzene rings is 1. The molecule has 2 atom stereocenters. The third-order valence-corrected chi connectivity index (χ3v) is 8.56. The van der Waals surface area contributed by atoms with Gasteiger partial charge >= 0.3 is 6.03 Å². The van der Waals surface area contributed by atoms with Gasteiger partial charge < -0.3 is 24.8 Å². The van der Waals surface area contributed by atoms with Crippen LogP contribution in [0.25, 0.3) is 22.2 Å². The summed E-state index contributed by atoms with van der Waals surface area (Å²) < 4.78 is 5.61. The third kappa shape index (κ3) is 3.98. The maximum absolute atomic E-state index is 13.7. The molecule has 7 nitrogen and oxygen atoms in total. The molecule has 36 heavy (non-hydrogen) atoms. The molecule has 3 aliphatic rings. The molecule has 2 fully saturated rings. The molecular formula is C29H37N5O2. The summed E-state index contributed by atoms with van der Waals surface area (Å²) in [7, 11) is 1.74. The molecule has 0 saturated carbocycles. The van der Waals surface area contributed by atoms with Crippen molar-refractivity contribution in [1.29, 1.82) is 0 Å². The van der Waals surface area contributed by atoms with E-state index in [1.165, 1.54) is 39.6 Å². The molecule has 2 N–H and O–H groups in total. The van der Waals surface area contributed by atoms with Crippen LogP contribution in [0.3, 0.4) is 0 Å². The number of aromatic amines is 1. The van der Waals surface area contributed by atoms with Gasteiger partial charge in [0.1, 0.15) is 5.65 Å². The predicted octanol–water partition coefficient (Wildman–Crippen LogP) is 4.94. The van der Waals surface area contributed by atoms with E-state index < -0.39 is 0 Å². The van der Waals surface area contributed by atoms with Crippen molar-refractivity contribution in [3.05, 3.63) is 52.8 Å². The molecule has 0 spiro atoms. The molecule has 2 saturated heterocycles. The van der Waals surface area contributed by atoms with E-state index in [2.05, 4.69) is 59.2 Å². The van der Waals surface area contributed by atoms with Gasteiger partial charge in [0, 0.05) is 61.7 Å². The molecule has 3 aliphatic heterocycles. The summed E-state index contributed by atoms with van der Waals surface area (Å²) in [6.45, 7) is 9.54. The number of amides is 2. The van der Waals surface area contributed by atoms with Gasteiger partial charge in [-0.05, 0) is 92.9 Å². The highest BCUT2D eigenvalue weighted by atomic mass is 16.5. The number of nitrogens with zero attached hydrogens (tertiary/aromatic N) is 3. The Hall–Kier alpha value is -2.90. The second-order valence-electron chi connectivity index (χ2n) is 11.4. The van der Waals surface area contributed by atoms with E-state index >= 15 is 0 Å². The van der Waals surface area contributed by atoms with Crippen LogP contribution in [-0.4, -0.2) is 64.2 Å². The van der Waals surface area contributed by atoms with Crippen molar-refractivity contribution in [3.8, 4) is 11.1 Å². The first-order valence-corrected chi connectivity index (χ1v) is 13.3. The Bertz CT molecular complexity index is 1310. The zero-order valence-corrected chi connectivity index (χ0v) is 21.9. The second-order valence-corrected chi connectivity index (χ2v) is 11.4. The van der Waals surface area contributed by atoms with Crippen LogP contribution < -0.4 is 5.32 Å². The van der Waals surface area contributed by atoms with E-state index in [9.17, 15) is 4.79 Å². The van der Waals surface area contributed by atoms with E-state index in [1.807, 2.05) is 17.3 Å². The van der Waals surface area contributed by atoms with E-state index in [0.29, 0.717) is 19.1 Å². The number of ether oxygens (including phenoxy) is 1. The first kappa shape index (κ1) is 23.5. The lowest BCUT2D eigenvalue weighted by Crippen LogP contribution is -2.51. The topological polar surface area (TPSA) is 73.5 Å². The number of hydrogen-bond acceptors (Lipinski definition) is 4. The monoisotopic (exact) mass is 487 g/mol. The summed E-state index contributed by atoms with van der Waals surface area (Å²) in [6.07, 6.45) is 8.16. The largest absolute Gasteiger partial charge is 0.380 e. The Morgan fingerprint density at radius 1 is 1.22 bits per heavy atom. The maximum atomic E-state index is 13.7. The highest BCUT2D eigenvalue weighted by Gasteiger charge is 2.43. The van der Waals surface area contributed by atoms with Crippen molar-refractivity contribution in [2.75, 3.05) is 26.7 Å². The molecule has 0 aliphatic carbocycles. The number of fused-ring (bicyclic) bond motifs is 2. The Morgan fingerprint density at radius 3 is 2.83 bits per heavy atom. The van der Waals surface area contributed by atoms with Crippen molar-refractivity contribution in [2.24, 2.45) is 0 Å². The van der Waals surface area contributed by atoms with Crippen LogP contribution in [0.4, 0.5) is 4.79 Å². The number of aromatic nitrogens is 2. The fourth-order valence-corrected chi connectivity index (χ4v) is 6.43. The van der Waals surface area contributed by atoms with Gasteiger partial charge in [-0.3, -0.25) is 0 Å². The molecule has 7 heteroatoms. The molecule has 0 bridgehead atoms. The minimum atomic E-state index is -0.195. The minimum Gasteiger partial charge on any atom is -0.380 e. The number of hydrogen-bond donors (Lipinski definition) is 2. The standard InChI is InChI=1S/C29H37N5O2/c1-18-14-31-27-23(18)12-21(15-32-27)20-10-19-7-9-33(17-25(19)24(11-20)26-6-5-8-30-26)28(35)34-16-22(36-4)13-29(34,2)3/h10-12,14-15,22,26,30H,5-9,13,16-17H2,1-4H3,(H,31,32)/t22?,26-/m0/s1. The number of H-pyrrole nitrogens is 1. The Morgan fingerprint density at radius 2 is 2.08 bits per heavy atom. The van der Waals surface area contributed by atoms with Gasteiger partial charge in [0.2, 0.25) is 0 Å². The Labute approximate surface area is 213 Å². The van der Waals surface area contributed by atoms with Crippen molar-refractivity contribution >= 4 is 17.1 Å². The smallest absolute Gasteiger partial charge is 0.320 e. The van der Waals surface area contributed by atoms with Gasteiger partial charge in [-0.15, -0.1) is 0 Å². The number of methoxy groups -OCH3 is 1. The maximum Gasteiger partial charge on any atom is 0.320 e. The number of aryl methyl sites for hydroxylation is 1. The van der Waals surface area contributed by atoms with Gasteiger partial charge in [0.25, 0.3) is 0 Å². The van der Waals surface area contributed by atoms with Crippen LogP contribution in [0.1, 0.15) is 61.4 Å². The van der Waals surface area contributed by atoms with E-state index in [0.717, 1.165) is 43.6 Å². The summed E-state index contributed by atoms with van der Waals surface area (Å²) >= 11 is 0. The molecule has 6 rings (SSSR count). The zero-order valence-electron chi connectivity index (χ0n) is 21.9. The van der Waals surface area contributed by atoms with Gasteiger partial charge in [-0.25, -0.2) is 9.78 Å². The van der Waals surface area contributed by atoms with Crippen molar-refractivity contribution < 1.29 is 9.53 Å². The van der Waals surface area contributed by atoms with Crippen LogP contribution >= 0.6 is 0 Å². The summed E-state index contributed by atoms with van der Waals surface area (Å²) in [5.74, 6) is 0. The van der Waals surface area contributed by atoms with E-state index in [4.69, 9.17) is 4.74 Å². The second kappa shape index (κ2) is 8.89. The van der Waals surface area contributed by atoms with Crippen LogP contribution in [0.5, 0.6) is 0 Å². The lowest BCUT2D eigenvalue weighted by Gasteiger charge is -2.39. The number of urea groups is 1. The molecule has 190 valence electrons. The summed E-state index contributed by atoms with van der Waals surface area (Å²) in [5, 5.41) is 4.88. The normalized spacial score (nSPS) is 23.4. The van der Waals surface area contributed by atoms with Crippen LogP contribution in [0.15, 0.2) is 30.6 Å². The Balaban J connectivity index is 1.35.